The maximum Gasteiger partial charge on any atom is 0.319 e. The van der Waals surface area contributed by atoms with Crippen molar-refractivity contribution < 1.29 is 9.59 Å². The summed E-state index contributed by atoms with van der Waals surface area (Å²) >= 11 is 1.45. The summed E-state index contributed by atoms with van der Waals surface area (Å²) in [6.45, 7) is 3.90. The van der Waals surface area contributed by atoms with Gasteiger partial charge in [-0.15, -0.1) is 6.58 Å². The van der Waals surface area contributed by atoms with E-state index in [0.717, 1.165) is 0 Å². The highest BCUT2D eigenvalue weighted by atomic mass is 32.1. The minimum Gasteiger partial charge on any atom is -0.334 e. The van der Waals surface area contributed by atoms with Crippen molar-refractivity contribution in [2.75, 3.05) is 17.2 Å². The fourth-order valence-corrected chi connectivity index (χ4v) is 2.26. The zero-order valence-corrected chi connectivity index (χ0v) is 12.1. The van der Waals surface area contributed by atoms with E-state index in [4.69, 9.17) is 0 Å². The first-order valence-electron chi connectivity index (χ1n) is 6.29. The largest absolute Gasteiger partial charge is 0.334 e. The Labute approximate surface area is 126 Å². The van der Waals surface area contributed by atoms with Crippen LogP contribution >= 0.6 is 11.3 Å². The van der Waals surface area contributed by atoms with E-state index in [-0.39, 0.29) is 11.9 Å². The van der Waals surface area contributed by atoms with Crippen LogP contribution < -0.4 is 16.0 Å². The molecule has 0 aliphatic carbocycles. The highest BCUT2D eigenvalue weighted by molar-refractivity contribution is 7.08. The predicted octanol–water partition coefficient (Wildman–Crippen LogP) is 3.31. The van der Waals surface area contributed by atoms with Crippen molar-refractivity contribution in [3.63, 3.8) is 0 Å². The molecule has 0 atom stereocenters. The van der Waals surface area contributed by atoms with Crippen LogP contribution in [-0.4, -0.2) is 18.5 Å². The molecular weight excluding hydrogens is 286 g/mol. The van der Waals surface area contributed by atoms with Gasteiger partial charge in [0.05, 0.1) is 16.9 Å². The van der Waals surface area contributed by atoms with Crippen molar-refractivity contribution in [3.05, 3.63) is 59.3 Å². The Morgan fingerprint density at radius 2 is 1.86 bits per heavy atom. The molecule has 21 heavy (non-hydrogen) atoms. The number of rotatable bonds is 5. The van der Waals surface area contributed by atoms with Crippen molar-refractivity contribution in [1.82, 2.24) is 5.32 Å². The lowest BCUT2D eigenvalue weighted by Crippen LogP contribution is -2.29. The summed E-state index contributed by atoms with van der Waals surface area (Å²) < 4.78 is 0. The van der Waals surface area contributed by atoms with E-state index in [2.05, 4.69) is 22.5 Å². The fourth-order valence-electron chi connectivity index (χ4n) is 1.62. The SMILES string of the molecule is C=CCNC(=O)Nc1ccccc1NC(=O)c1ccsc1. The number of carbonyl (C=O) groups excluding carboxylic acids is 2. The number of benzene rings is 1. The Kier molecular flexibility index (Phi) is 5.11. The van der Waals surface area contributed by atoms with Crippen LogP contribution in [-0.2, 0) is 0 Å². The number of hydrogen-bond acceptors (Lipinski definition) is 3. The Hall–Kier alpha value is -2.60. The summed E-state index contributed by atoms with van der Waals surface area (Å²) in [6.07, 6.45) is 1.59. The van der Waals surface area contributed by atoms with E-state index >= 15 is 0 Å². The van der Waals surface area contributed by atoms with E-state index < -0.39 is 0 Å². The number of para-hydroxylation sites is 2. The zero-order chi connectivity index (χ0) is 15.1. The van der Waals surface area contributed by atoms with Crippen LogP contribution in [0.25, 0.3) is 0 Å². The molecule has 0 fully saturated rings. The molecule has 0 spiro atoms. The van der Waals surface area contributed by atoms with E-state index in [9.17, 15) is 9.59 Å². The van der Waals surface area contributed by atoms with E-state index in [1.54, 1.807) is 41.8 Å². The van der Waals surface area contributed by atoms with Crippen molar-refractivity contribution in [1.29, 1.82) is 0 Å². The van der Waals surface area contributed by atoms with Crippen molar-refractivity contribution in [2.24, 2.45) is 0 Å². The second-order valence-electron chi connectivity index (χ2n) is 4.14. The number of thiophene rings is 1. The molecule has 2 aromatic rings. The molecular formula is C15H15N3O2S. The molecule has 0 aliphatic rings. The molecule has 1 aromatic heterocycles. The molecule has 0 saturated heterocycles. The van der Waals surface area contributed by atoms with Gasteiger partial charge in [-0.3, -0.25) is 4.79 Å². The summed E-state index contributed by atoms with van der Waals surface area (Å²) in [4.78, 5) is 23.7. The number of hydrogen-bond donors (Lipinski definition) is 3. The van der Waals surface area contributed by atoms with Gasteiger partial charge in [0, 0.05) is 11.9 Å². The van der Waals surface area contributed by atoms with E-state index in [1.165, 1.54) is 11.3 Å². The number of amides is 3. The normalized spacial score (nSPS) is 9.71. The maximum absolute atomic E-state index is 12.0. The van der Waals surface area contributed by atoms with Crippen molar-refractivity contribution >= 4 is 34.6 Å². The average molecular weight is 301 g/mol. The molecule has 5 nitrogen and oxygen atoms in total. The molecule has 3 amide bonds. The predicted molar refractivity (Wildman–Crippen MR) is 85.9 cm³/mol. The standard InChI is InChI=1S/C15H15N3O2S/c1-2-8-16-15(20)18-13-6-4-3-5-12(13)17-14(19)11-7-9-21-10-11/h2-7,9-10H,1,8H2,(H,17,19)(H2,16,18,20). The number of nitrogens with one attached hydrogen (secondary N) is 3. The van der Waals surface area contributed by atoms with E-state index in [1.807, 2.05) is 5.38 Å². The Bertz CT molecular complexity index is 638. The molecule has 0 bridgehead atoms. The average Bonchev–Trinajstić information content (AvgIpc) is 3.01. The summed E-state index contributed by atoms with van der Waals surface area (Å²) in [6, 6.07) is 8.41. The minimum absolute atomic E-state index is 0.211. The summed E-state index contributed by atoms with van der Waals surface area (Å²) in [7, 11) is 0. The molecule has 6 heteroatoms. The molecule has 0 saturated carbocycles. The van der Waals surface area contributed by atoms with Crippen molar-refractivity contribution in [2.45, 2.75) is 0 Å². The molecule has 0 radical (unpaired) electrons. The first-order chi connectivity index (χ1) is 10.2. The molecule has 0 unspecified atom stereocenters. The first-order valence-corrected chi connectivity index (χ1v) is 7.23. The molecule has 1 heterocycles. The zero-order valence-electron chi connectivity index (χ0n) is 11.3. The monoisotopic (exact) mass is 301 g/mol. The van der Waals surface area contributed by atoms with Gasteiger partial charge in [0.15, 0.2) is 0 Å². The van der Waals surface area contributed by atoms with Crippen LogP contribution in [0, 0.1) is 0 Å². The van der Waals surface area contributed by atoms with E-state index in [0.29, 0.717) is 23.5 Å². The summed E-state index contributed by atoms with van der Waals surface area (Å²) in [5.41, 5.74) is 1.66. The second-order valence-corrected chi connectivity index (χ2v) is 4.92. The van der Waals surface area contributed by atoms with Crippen LogP contribution in [0.1, 0.15) is 10.4 Å². The Morgan fingerprint density at radius 3 is 2.48 bits per heavy atom. The topological polar surface area (TPSA) is 70.2 Å². The molecule has 1 aromatic carbocycles. The van der Waals surface area contributed by atoms with Gasteiger partial charge < -0.3 is 16.0 Å². The second kappa shape index (κ2) is 7.25. The van der Waals surface area contributed by atoms with Gasteiger partial charge in [-0.1, -0.05) is 18.2 Å². The molecule has 108 valence electrons. The molecule has 2 rings (SSSR count). The lowest BCUT2D eigenvalue weighted by molar-refractivity contribution is 0.102. The highest BCUT2D eigenvalue weighted by Gasteiger charge is 2.10. The fraction of sp³-hybridized carbons (Fsp3) is 0.0667. The summed E-state index contributed by atoms with van der Waals surface area (Å²) in [5, 5.41) is 11.7. The number of anilines is 2. The van der Waals surface area contributed by atoms with Gasteiger partial charge in [0.25, 0.3) is 5.91 Å². The lowest BCUT2D eigenvalue weighted by Gasteiger charge is -2.12. The lowest BCUT2D eigenvalue weighted by atomic mass is 10.2. The molecule has 0 aliphatic heterocycles. The minimum atomic E-state index is -0.355. The van der Waals surface area contributed by atoms with Gasteiger partial charge >= 0.3 is 6.03 Å². The van der Waals surface area contributed by atoms with Gasteiger partial charge in [-0.25, -0.2) is 4.79 Å². The maximum atomic E-state index is 12.0. The van der Waals surface area contributed by atoms with Crippen LogP contribution in [0.5, 0.6) is 0 Å². The number of carbonyl (C=O) groups is 2. The summed E-state index contributed by atoms with van der Waals surface area (Å²) in [5.74, 6) is -0.211. The van der Waals surface area contributed by atoms with Gasteiger partial charge in [0.2, 0.25) is 0 Å². The Balaban J connectivity index is 2.08. The third kappa shape index (κ3) is 4.19. The van der Waals surface area contributed by atoms with Gasteiger partial charge in [-0.05, 0) is 23.6 Å². The van der Waals surface area contributed by atoms with Gasteiger partial charge in [0.1, 0.15) is 0 Å². The first kappa shape index (κ1) is 14.8. The number of urea groups is 1. The quantitative estimate of drug-likeness (QED) is 0.741. The molecule has 3 N–H and O–H groups in total. The van der Waals surface area contributed by atoms with Crippen molar-refractivity contribution in [3.8, 4) is 0 Å². The van der Waals surface area contributed by atoms with Crippen LogP contribution in [0.2, 0.25) is 0 Å². The Morgan fingerprint density at radius 1 is 1.14 bits per heavy atom. The third-order valence-corrected chi connectivity index (χ3v) is 3.30. The third-order valence-electron chi connectivity index (χ3n) is 2.61. The van der Waals surface area contributed by atoms with Crippen LogP contribution in [0.15, 0.2) is 53.7 Å². The smallest absolute Gasteiger partial charge is 0.319 e. The highest BCUT2D eigenvalue weighted by Crippen LogP contribution is 2.22. The van der Waals surface area contributed by atoms with Crippen LogP contribution in [0.3, 0.4) is 0 Å². The van der Waals surface area contributed by atoms with Crippen LogP contribution in [0.4, 0.5) is 16.2 Å². The van der Waals surface area contributed by atoms with Gasteiger partial charge in [-0.2, -0.15) is 11.3 Å².